The summed E-state index contributed by atoms with van der Waals surface area (Å²) in [7, 11) is 0. The van der Waals surface area contributed by atoms with Gasteiger partial charge in [-0.15, -0.1) is 0 Å². The van der Waals surface area contributed by atoms with Crippen LogP contribution in [0.1, 0.15) is 0 Å². The number of hydrogen-bond donors (Lipinski definition) is 0. The van der Waals surface area contributed by atoms with Crippen molar-refractivity contribution in [1.82, 2.24) is 0 Å². The molecule has 0 spiro atoms. The first-order valence-electron chi connectivity index (χ1n) is 26.2. The summed E-state index contributed by atoms with van der Waals surface area (Å²) in [6, 6.07) is 88.6. The number of benzene rings is 13. The molecule has 1 heterocycles. The normalized spacial score (nSPS) is 11.6. The van der Waals surface area contributed by atoms with Gasteiger partial charge in [-0.2, -0.15) is 0 Å². The van der Waals surface area contributed by atoms with Crippen molar-refractivity contribution in [2.75, 3.05) is 4.90 Å². The van der Waals surface area contributed by atoms with Crippen molar-refractivity contribution in [2.45, 2.75) is 0 Å². The molecule has 0 amide bonds. The van der Waals surface area contributed by atoms with E-state index in [4.69, 9.17) is 4.74 Å². The lowest BCUT2D eigenvalue weighted by Crippen LogP contribution is -2.54. The summed E-state index contributed by atoms with van der Waals surface area (Å²) in [4.78, 5) is 1.99. The highest BCUT2D eigenvalue weighted by molar-refractivity contribution is 6.98. The van der Waals surface area contributed by atoms with E-state index in [2.05, 4.69) is 54.6 Å². The molecule has 0 aromatic heterocycles. The quantitative estimate of drug-likeness (QED) is 0.1000. The molecule has 13 aromatic carbocycles. The predicted octanol–water partition coefficient (Wildman–Crippen LogP) is 18.0. The highest BCUT2D eigenvalue weighted by Gasteiger charge is 2.33. The van der Waals surface area contributed by atoms with Gasteiger partial charge in [0.05, 0.1) is 11.4 Å². The van der Waals surface area contributed by atoms with Crippen LogP contribution in [0.4, 0.5) is 30.2 Å². The van der Waals surface area contributed by atoms with Crippen molar-refractivity contribution in [3.63, 3.8) is 0 Å². The van der Waals surface area contributed by atoms with Gasteiger partial charge in [-0.1, -0.05) is 205 Å². The van der Waals surface area contributed by atoms with E-state index in [0.717, 1.165) is 110 Å². The molecule has 0 saturated carbocycles. The maximum absolute atomic E-state index is 17.8. The Morgan fingerprint density at radius 1 is 0.321 bits per heavy atom. The van der Waals surface area contributed by atoms with Crippen LogP contribution >= 0.6 is 0 Å². The van der Waals surface area contributed by atoms with Crippen LogP contribution in [0.25, 0.3) is 88.0 Å². The number of hydrogen-bond acceptors (Lipinski definition) is 2. The Hall–Kier alpha value is -9.91. The highest BCUT2D eigenvalue weighted by atomic mass is 19.1. The third-order valence-electron chi connectivity index (χ3n) is 15.3. The van der Waals surface area contributed by atoms with Gasteiger partial charge in [-0.25, -0.2) is 13.2 Å². The fraction of sp³-hybridized carbons (Fsp3) is 0. The number of halogens is 3. The number of fused-ring (bicyclic) bond motifs is 6. The van der Waals surface area contributed by atoms with Crippen molar-refractivity contribution < 1.29 is 17.9 Å². The number of para-hydroxylation sites is 1. The van der Waals surface area contributed by atoms with Gasteiger partial charge in [0.2, 0.25) is 6.71 Å². The van der Waals surface area contributed by atoms with Gasteiger partial charge in [0.25, 0.3) is 0 Å². The van der Waals surface area contributed by atoms with Crippen molar-refractivity contribution >= 4 is 72.5 Å². The molecule has 78 heavy (non-hydrogen) atoms. The van der Waals surface area contributed by atoms with E-state index in [1.165, 1.54) is 12.1 Å². The molecule has 0 saturated heterocycles. The van der Waals surface area contributed by atoms with Crippen molar-refractivity contribution in [3.8, 4) is 67.1 Å². The molecule has 0 fully saturated rings. The molecular weight excluding hydrogens is 963 g/mol. The summed E-state index contributed by atoms with van der Waals surface area (Å²) in [6.45, 7) is -0.657. The van der Waals surface area contributed by atoms with Crippen LogP contribution in [0.2, 0.25) is 0 Å². The SMILES string of the molecule is Fc1ccc(B(c2c(F)cc(-c3ccccc3)cc2-c2ccccc2)c2cc3c4cccc5c4c(cc3c3ccccc23)-c2ccc(N(c3ccccc3)c3c(F)cc(-c4ccccc4)cc3-c3ccccc3)cc2O5)cc1. The monoisotopic (exact) mass is 1010 g/mol. The lowest BCUT2D eigenvalue weighted by atomic mass is 9.35. The Kier molecular flexibility index (Phi) is 11.6. The molecule has 13 aromatic rings. The van der Waals surface area contributed by atoms with Crippen molar-refractivity contribution in [3.05, 3.63) is 290 Å². The summed E-state index contributed by atoms with van der Waals surface area (Å²) < 4.78 is 57.2. The highest BCUT2D eigenvalue weighted by Crippen LogP contribution is 2.52. The first-order chi connectivity index (χ1) is 38.4. The van der Waals surface area contributed by atoms with Gasteiger partial charge >= 0.3 is 0 Å². The maximum atomic E-state index is 17.8. The van der Waals surface area contributed by atoms with Gasteiger partial charge in [0, 0.05) is 28.3 Å². The van der Waals surface area contributed by atoms with E-state index in [1.807, 2.05) is 187 Å². The summed E-state index contributed by atoms with van der Waals surface area (Å²) in [5.74, 6) is 0.226. The smallest absolute Gasteiger partial charge is 0.246 e. The Labute approximate surface area is 450 Å². The average molecular weight is 1010 g/mol. The third-order valence-corrected chi connectivity index (χ3v) is 15.3. The van der Waals surface area contributed by atoms with Gasteiger partial charge in [0.1, 0.15) is 29.0 Å². The number of anilines is 3. The maximum Gasteiger partial charge on any atom is 0.246 e. The van der Waals surface area contributed by atoms with Crippen molar-refractivity contribution in [1.29, 1.82) is 0 Å². The molecular formula is C72H45BF3NO. The van der Waals surface area contributed by atoms with E-state index in [-0.39, 0.29) is 17.5 Å². The van der Waals surface area contributed by atoms with Crippen LogP contribution in [0.5, 0.6) is 11.5 Å². The zero-order chi connectivity index (χ0) is 52.3. The number of nitrogens with zero attached hydrogens (tertiary/aromatic N) is 1. The van der Waals surface area contributed by atoms with E-state index < -0.39 is 6.71 Å². The number of rotatable bonds is 10. The molecule has 0 unspecified atom stereocenters. The molecule has 0 N–H and O–H groups in total. The van der Waals surface area contributed by atoms with Crippen LogP contribution in [0, 0.1) is 17.5 Å². The molecule has 6 heteroatoms. The Morgan fingerprint density at radius 2 is 0.859 bits per heavy atom. The molecule has 0 atom stereocenters. The topological polar surface area (TPSA) is 12.5 Å². The summed E-state index contributed by atoms with van der Waals surface area (Å²) in [5, 5.41) is 5.85. The summed E-state index contributed by atoms with van der Waals surface area (Å²) >= 11 is 0. The Morgan fingerprint density at radius 3 is 1.51 bits per heavy atom. The second-order valence-electron chi connectivity index (χ2n) is 19.9. The van der Waals surface area contributed by atoms with Gasteiger partial charge in [-0.3, -0.25) is 0 Å². The third kappa shape index (κ3) is 8.09. The molecule has 1 aliphatic rings. The molecule has 14 rings (SSSR count). The zero-order valence-electron chi connectivity index (χ0n) is 42.0. The van der Waals surface area contributed by atoms with Crippen LogP contribution < -0.4 is 26.0 Å². The molecule has 0 aliphatic carbocycles. The fourth-order valence-corrected chi connectivity index (χ4v) is 11.8. The second-order valence-corrected chi connectivity index (χ2v) is 19.9. The predicted molar refractivity (Wildman–Crippen MR) is 318 cm³/mol. The standard InChI is InChI=1S/C72H45BF3NO/c74-53-35-33-52(34-36-53)73(71-60(48-23-10-3-11-24-48)39-50(41-66(71)75)46-19-6-1-7-20-46)65-45-63-59-31-18-32-68-70(59)64(44-62(63)56-29-16-17-30-57(56)65)58-38-37-55(43-69(58)78-68)77(54-27-14-5-15-28-54)72-61(49-25-12-4-13-26-49)40-51(42-67(72)76)47-21-8-2-9-22-47/h1-45H. The summed E-state index contributed by atoms with van der Waals surface area (Å²) in [5.41, 5.74) is 12.6. The van der Waals surface area contributed by atoms with E-state index >= 15 is 8.78 Å². The van der Waals surface area contributed by atoms with E-state index in [9.17, 15) is 4.39 Å². The van der Waals surface area contributed by atoms with Gasteiger partial charge in [-0.05, 0) is 150 Å². The molecule has 1 aliphatic heterocycles. The first-order valence-corrected chi connectivity index (χ1v) is 26.2. The minimum Gasteiger partial charge on any atom is -0.456 e. The van der Waals surface area contributed by atoms with Crippen LogP contribution in [-0.4, -0.2) is 6.71 Å². The minimum atomic E-state index is -0.657. The summed E-state index contributed by atoms with van der Waals surface area (Å²) in [6.07, 6.45) is 0. The molecule has 368 valence electrons. The molecule has 0 radical (unpaired) electrons. The van der Waals surface area contributed by atoms with Crippen LogP contribution in [0.3, 0.4) is 0 Å². The van der Waals surface area contributed by atoms with Gasteiger partial charge < -0.3 is 9.64 Å². The Bertz CT molecular complexity index is 4420. The Balaban J connectivity index is 0.971. The van der Waals surface area contributed by atoms with Crippen LogP contribution in [-0.2, 0) is 0 Å². The number of ether oxygens (including phenoxy) is 1. The minimum absolute atomic E-state index is 0.357. The van der Waals surface area contributed by atoms with E-state index in [0.29, 0.717) is 22.6 Å². The first kappa shape index (κ1) is 46.6. The van der Waals surface area contributed by atoms with Crippen molar-refractivity contribution in [2.24, 2.45) is 0 Å². The second kappa shape index (κ2) is 19.3. The average Bonchev–Trinajstić information content (AvgIpc) is 3.69. The lowest BCUT2D eigenvalue weighted by Gasteiger charge is -2.30. The fourth-order valence-electron chi connectivity index (χ4n) is 11.8. The largest absolute Gasteiger partial charge is 0.456 e. The zero-order valence-corrected chi connectivity index (χ0v) is 42.0. The van der Waals surface area contributed by atoms with E-state index in [1.54, 1.807) is 24.3 Å². The molecule has 2 nitrogen and oxygen atoms in total. The molecule has 0 bridgehead atoms. The van der Waals surface area contributed by atoms with Gasteiger partial charge in [0.15, 0.2) is 0 Å². The van der Waals surface area contributed by atoms with Crippen LogP contribution in [0.15, 0.2) is 273 Å². The lowest BCUT2D eigenvalue weighted by molar-refractivity contribution is 0.487.